The van der Waals surface area contributed by atoms with Crippen molar-refractivity contribution in [2.45, 2.75) is 20.8 Å². The molecular weight excluding hydrogens is 324 g/mol. The highest BCUT2D eigenvalue weighted by Gasteiger charge is 2.15. The van der Waals surface area contributed by atoms with Crippen molar-refractivity contribution in [3.05, 3.63) is 67.6 Å². The minimum Gasteiger partial charge on any atom is -0.289 e. The number of halogens is 2. The highest BCUT2D eigenvalue weighted by molar-refractivity contribution is 9.10. The molecule has 19 heavy (non-hydrogen) atoms. The Morgan fingerprint density at radius 1 is 0.947 bits per heavy atom. The molecule has 2 aromatic carbocycles. The lowest BCUT2D eigenvalue weighted by Gasteiger charge is -2.10. The Morgan fingerprint density at radius 3 is 2.21 bits per heavy atom. The molecule has 0 aromatic heterocycles. The predicted octanol–water partition coefficient (Wildman–Crippen LogP) is 5.26. The lowest BCUT2D eigenvalue weighted by molar-refractivity contribution is 0.103. The van der Waals surface area contributed by atoms with Crippen LogP contribution in [-0.4, -0.2) is 5.78 Å². The lowest BCUT2D eigenvalue weighted by atomic mass is 9.95. The first-order valence-corrected chi connectivity index (χ1v) is 7.15. The molecule has 0 saturated carbocycles. The minimum atomic E-state index is 0.0438. The van der Waals surface area contributed by atoms with Crippen molar-refractivity contribution in [1.82, 2.24) is 0 Å². The van der Waals surface area contributed by atoms with E-state index >= 15 is 0 Å². The number of ketones is 1. The van der Waals surface area contributed by atoms with E-state index in [1.165, 1.54) is 0 Å². The summed E-state index contributed by atoms with van der Waals surface area (Å²) in [5.41, 5.74) is 4.37. The molecule has 2 aromatic rings. The van der Waals surface area contributed by atoms with Crippen molar-refractivity contribution >= 4 is 33.3 Å². The first kappa shape index (κ1) is 14.3. The van der Waals surface area contributed by atoms with Crippen molar-refractivity contribution in [2.24, 2.45) is 0 Å². The van der Waals surface area contributed by atoms with E-state index in [0.29, 0.717) is 10.6 Å². The summed E-state index contributed by atoms with van der Waals surface area (Å²) in [5, 5.41) is 0.651. The average molecular weight is 338 g/mol. The smallest absolute Gasteiger partial charge is 0.193 e. The second kappa shape index (κ2) is 5.48. The Balaban J connectivity index is 2.53. The first-order valence-electron chi connectivity index (χ1n) is 5.97. The van der Waals surface area contributed by atoms with Crippen LogP contribution in [-0.2, 0) is 0 Å². The molecule has 98 valence electrons. The van der Waals surface area contributed by atoms with Gasteiger partial charge in [-0.3, -0.25) is 4.79 Å². The molecule has 0 aliphatic heterocycles. The van der Waals surface area contributed by atoms with Gasteiger partial charge in [0.15, 0.2) is 5.78 Å². The normalized spacial score (nSPS) is 10.6. The number of hydrogen-bond donors (Lipinski definition) is 0. The van der Waals surface area contributed by atoms with E-state index < -0.39 is 0 Å². The van der Waals surface area contributed by atoms with Gasteiger partial charge in [-0.25, -0.2) is 0 Å². The van der Waals surface area contributed by atoms with Crippen LogP contribution >= 0.6 is 27.5 Å². The summed E-state index contributed by atoms with van der Waals surface area (Å²) in [5.74, 6) is 0.0438. The Kier molecular flexibility index (Phi) is 4.12. The topological polar surface area (TPSA) is 17.1 Å². The van der Waals surface area contributed by atoms with E-state index in [4.69, 9.17) is 11.6 Å². The van der Waals surface area contributed by atoms with Crippen LogP contribution in [0.25, 0.3) is 0 Å². The van der Waals surface area contributed by atoms with Crippen LogP contribution < -0.4 is 0 Å². The molecule has 1 nitrogen and oxygen atoms in total. The van der Waals surface area contributed by atoms with Crippen molar-refractivity contribution in [3.8, 4) is 0 Å². The molecule has 0 saturated heterocycles. The number of carbonyl (C=O) groups excluding carboxylic acids is 1. The fourth-order valence-electron chi connectivity index (χ4n) is 2.05. The number of rotatable bonds is 2. The summed E-state index contributed by atoms with van der Waals surface area (Å²) in [6.45, 7) is 5.83. The van der Waals surface area contributed by atoms with E-state index in [-0.39, 0.29) is 5.78 Å². The first-order chi connectivity index (χ1) is 8.90. The summed E-state index contributed by atoms with van der Waals surface area (Å²) >= 11 is 9.41. The fourth-order valence-corrected chi connectivity index (χ4v) is 2.74. The van der Waals surface area contributed by atoms with Crippen molar-refractivity contribution in [3.63, 3.8) is 0 Å². The van der Waals surface area contributed by atoms with Gasteiger partial charge in [-0.2, -0.15) is 0 Å². The summed E-state index contributed by atoms with van der Waals surface area (Å²) < 4.78 is 1.02. The van der Waals surface area contributed by atoms with Gasteiger partial charge in [-0.1, -0.05) is 27.5 Å². The van der Waals surface area contributed by atoms with Gasteiger partial charge in [-0.15, -0.1) is 0 Å². The van der Waals surface area contributed by atoms with Gasteiger partial charge in [0, 0.05) is 20.6 Å². The minimum absolute atomic E-state index is 0.0438. The van der Waals surface area contributed by atoms with Crippen LogP contribution in [0, 0.1) is 20.8 Å². The van der Waals surface area contributed by atoms with Crippen molar-refractivity contribution in [2.75, 3.05) is 0 Å². The molecular formula is C16H14BrClO. The predicted molar refractivity (Wildman–Crippen MR) is 83.2 cm³/mol. The second-order valence-corrected chi connectivity index (χ2v) is 6.00. The molecule has 0 unspecified atom stereocenters. The third-order valence-corrected chi connectivity index (χ3v) is 4.27. The molecule has 0 aliphatic rings. The lowest BCUT2D eigenvalue weighted by Crippen LogP contribution is -2.06. The van der Waals surface area contributed by atoms with Crippen LogP contribution in [0.1, 0.15) is 32.6 Å². The Hall–Kier alpha value is -1.12. The maximum atomic E-state index is 12.6. The average Bonchev–Trinajstić information content (AvgIpc) is 2.33. The number of carbonyl (C=O) groups is 1. The van der Waals surface area contributed by atoms with E-state index in [1.54, 1.807) is 12.1 Å². The van der Waals surface area contributed by atoms with Crippen LogP contribution in [0.4, 0.5) is 0 Å². The summed E-state index contributed by atoms with van der Waals surface area (Å²) in [4.78, 5) is 12.6. The molecule has 0 fully saturated rings. The molecule has 0 N–H and O–H groups in total. The van der Waals surface area contributed by atoms with Crippen molar-refractivity contribution in [1.29, 1.82) is 0 Å². The molecule has 0 bridgehead atoms. The van der Waals surface area contributed by atoms with Crippen molar-refractivity contribution < 1.29 is 4.79 Å². The Morgan fingerprint density at radius 2 is 1.58 bits per heavy atom. The largest absolute Gasteiger partial charge is 0.289 e. The molecule has 2 rings (SSSR count). The van der Waals surface area contributed by atoms with Gasteiger partial charge < -0.3 is 0 Å². The molecule has 0 aliphatic carbocycles. The third-order valence-electron chi connectivity index (χ3n) is 3.18. The third kappa shape index (κ3) is 2.90. The molecule has 3 heteroatoms. The molecule has 0 atom stereocenters. The molecule has 0 spiro atoms. The highest BCUT2D eigenvalue weighted by Crippen LogP contribution is 2.25. The zero-order chi connectivity index (χ0) is 14.2. The fraction of sp³-hybridized carbons (Fsp3) is 0.188. The summed E-state index contributed by atoms with van der Waals surface area (Å²) in [7, 11) is 0. The SMILES string of the molecule is Cc1cc(C(=O)c2ccc(Cl)cc2C)c(C)cc1Br. The molecule has 0 radical (unpaired) electrons. The zero-order valence-corrected chi connectivity index (χ0v) is 13.4. The van der Waals surface area contributed by atoms with Gasteiger partial charge in [0.2, 0.25) is 0 Å². The quantitative estimate of drug-likeness (QED) is 0.683. The maximum Gasteiger partial charge on any atom is 0.193 e. The highest BCUT2D eigenvalue weighted by atomic mass is 79.9. The molecule has 0 amide bonds. The summed E-state index contributed by atoms with van der Waals surface area (Å²) in [6.07, 6.45) is 0. The summed E-state index contributed by atoms with van der Waals surface area (Å²) in [6, 6.07) is 9.26. The maximum absolute atomic E-state index is 12.6. The van der Waals surface area contributed by atoms with Crippen LogP contribution in [0.15, 0.2) is 34.8 Å². The second-order valence-electron chi connectivity index (χ2n) is 4.70. The van der Waals surface area contributed by atoms with Gasteiger partial charge in [0.25, 0.3) is 0 Å². The van der Waals surface area contributed by atoms with Crippen LogP contribution in [0.3, 0.4) is 0 Å². The number of benzene rings is 2. The van der Waals surface area contributed by atoms with Crippen LogP contribution in [0.2, 0.25) is 5.02 Å². The zero-order valence-electron chi connectivity index (χ0n) is 11.1. The Bertz CT molecular complexity index is 662. The van der Waals surface area contributed by atoms with Gasteiger partial charge >= 0.3 is 0 Å². The van der Waals surface area contributed by atoms with Gasteiger partial charge in [-0.05, 0) is 67.8 Å². The van der Waals surface area contributed by atoms with E-state index in [0.717, 1.165) is 26.7 Å². The van der Waals surface area contributed by atoms with E-state index in [1.807, 2.05) is 39.0 Å². The number of hydrogen-bond acceptors (Lipinski definition) is 1. The Labute approximate surface area is 126 Å². The van der Waals surface area contributed by atoms with Crippen LogP contribution in [0.5, 0.6) is 0 Å². The monoisotopic (exact) mass is 336 g/mol. The number of aryl methyl sites for hydroxylation is 3. The molecule has 0 heterocycles. The van der Waals surface area contributed by atoms with E-state index in [9.17, 15) is 4.79 Å². The van der Waals surface area contributed by atoms with Gasteiger partial charge in [0.05, 0.1) is 0 Å². The van der Waals surface area contributed by atoms with E-state index in [2.05, 4.69) is 15.9 Å². The standard InChI is InChI=1S/C16H14BrClO/c1-9-6-12(18)4-5-13(9)16(19)14-7-11(3)15(17)8-10(14)2/h4-8H,1-3H3. The van der Waals surface area contributed by atoms with Gasteiger partial charge in [0.1, 0.15) is 0 Å².